The lowest BCUT2D eigenvalue weighted by molar-refractivity contribution is -0.137. The van der Waals surface area contributed by atoms with E-state index in [1.54, 1.807) is 42.5 Å². The molecule has 1 heterocycles. The van der Waals surface area contributed by atoms with Crippen molar-refractivity contribution >= 4 is 11.6 Å². The van der Waals surface area contributed by atoms with Gasteiger partial charge in [0.05, 0.1) is 17.6 Å². The van der Waals surface area contributed by atoms with Gasteiger partial charge in [0.25, 0.3) is 0 Å². The van der Waals surface area contributed by atoms with Crippen LogP contribution in [0.3, 0.4) is 0 Å². The van der Waals surface area contributed by atoms with E-state index < -0.39 is 17.2 Å². The molecule has 0 aromatic heterocycles. The summed E-state index contributed by atoms with van der Waals surface area (Å²) in [6.45, 7) is -0.0452. The lowest BCUT2D eigenvalue weighted by Crippen LogP contribution is -2.28. The molecule has 1 aliphatic heterocycles. The normalized spacial score (nSPS) is 15.9. The van der Waals surface area contributed by atoms with E-state index in [9.17, 15) is 23.1 Å². The molecule has 170 valence electrons. The van der Waals surface area contributed by atoms with Crippen molar-refractivity contribution in [3.8, 4) is 22.6 Å². The van der Waals surface area contributed by atoms with Gasteiger partial charge in [0.2, 0.25) is 12.7 Å². The summed E-state index contributed by atoms with van der Waals surface area (Å²) >= 11 is 0. The topological polar surface area (TPSA) is 67.8 Å². The van der Waals surface area contributed by atoms with E-state index in [-0.39, 0.29) is 25.0 Å². The Morgan fingerprint density at radius 2 is 1.67 bits per heavy atom. The van der Waals surface area contributed by atoms with E-state index in [1.165, 1.54) is 6.07 Å². The van der Waals surface area contributed by atoms with Gasteiger partial charge in [-0.15, -0.1) is 0 Å². The molecule has 3 aromatic carbocycles. The number of rotatable bonds is 5. The Morgan fingerprint density at radius 1 is 0.939 bits per heavy atom. The maximum atomic E-state index is 13.6. The predicted molar refractivity (Wildman–Crippen MR) is 115 cm³/mol. The number of halogens is 3. The predicted octanol–water partition coefficient (Wildman–Crippen LogP) is 5.26. The number of aliphatic hydroxyl groups is 1. The summed E-state index contributed by atoms with van der Waals surface area (Å²) in [5.74, 6) is 0.797. The molecule has 0 saturated heterocycles. The SMILES string of the molecule is O=C(Nc1cc(-c2ccc(CO)cc2)cc(C(F)(F)F)c1)C1(c2ccc3c(c2)OCO3)CC1. The Bertz CT molecular complexity index is 1220. The number of aliphatic hydroxyl groups excluding tert-OH is 1. The van der Waals surface area contributed by atoms with Crippen LogP contribution >= 0.6 is 0 Å². The molecule has 0 radical (unpaired) electrons. The monoisotopic (exact) mass is 455 g/mol. The Labute approximate surface area is 187 Å². The third kappa shape index (κ3) is 4.02. The van der Waals surface area contributed by atoms with Gasteiger partial charge in [0.15, 0.2) is 11.5 Å². The molecule has 0 atom stereocenters. The summed E-state index contributed by atoms with van der Waals surface area (Å²) in [5, 5.41) is 11.9. The van der Waals surface area contributed by atoms with Crippen molar-refractivity contribution < 1.29 is 32.5 Å². The molecule has 0 spiro atoms. The molecule has 2 N–H and O–H groups in total. The van der Waals surface area contributed by atoms with E-state index in [1.807, 2.05) is 0 Å². The number of nitrogens with one attached hydrogen (secondary N) is 1. The van der Waals surface area contributed by atoms with Crippen molar-refractivity contribution in [2.45, 2.75) is 31.0 Å². The van der Waals surface area contributed by atoms with E-state index >= 15 is 0 Å². The highest BCUT2D eigenvalue weighted by Gasteiger charge is 2.51. The molecule has 1 amide bonds. The van der Waals surface area contributed by atoms with Gasteiger partial charge < -0.3 is 19.9 Å². The minimum absolute atomic E-state index is 0.0723. The number of amides is 1. The Balaban J connectivity index is 1.46. The van der Waals surface area contributed by atoms with Gasteiger partial charge in [-0.1, -0.05) is 30.3 Å². The highest BCUT2D eigenvalue weighted by molar-refractivity contribution is 6.02. The number of anilines is 1. The molecule has 1 saturated carbocycles. The van der Waals surface area contributed by atoms with Gasteiger partial charge >= 0.3 is 6.18 Å². The van der Waals surface area contributed by atoms with Gasteiger partial charge in [-0.3, -0.25) is 4.79 Å². The Morgan fingerprint density at radius 3 is 2.33 bits per heavy atom. The quantitative estimate of drug-likeness (QED) is 0.551. The van der Waals surface area contributed by atoms with Gasteiger partial charge in [-0.05, 0) is 65.4 Å². The Hall–Kier alpha value is -3.52. The number of benzene rings is 3. The highest BCUT2D eigenvalue weighted by atomic mass is 19.4. The van der Waals surface area contributed by atoms with E-state index in [0.717, 1.165) is 17.7 Å². The highest BCUT2D eigenvalue weighted by Crippen LogP contribution is 2.51. The van der Waals surface area contributed by atoms with Crippen LogP contribution in [0.1, 0.15) is 29.5 Å². The van der Waals surface area contributed by atoms with Crippen LogP contribution in [0.5, 0.6) is 11.5 Å². The molecule has 8 heteroatoms. The molecule has 3 aromatic rings. The third-order valence-electron chi connectivity index (χ3n) is 6.10. The van der Waals surface area contributed by atoms with E-state index in [2.05, 4.69) is 5.32 Å². The fourth-order valence-corrected chi connectivity index (χ4v) is 4.05. The molecule has 33 heavy (non-hydrogen) atoms. The molecule has 2 aliphatic rings. The number of alkyl halides is 3. The largest absolute Gasteiger partial charge is 0.454 e. The van der Waals surface area contributed by atoms with Crippen molar-refractivity contribution in [3.63, 3.8) is 0 Å². The summed E-state index contributed by atoms with van der Waals surface area (Å²) < 4.78 is 51.5. The van der Waals surface area contributed by atoms with Gasteiger partial charge in [-0.2, -0.15) is 13.2 Å². The minimum Gasteiger partial charge on any atom is -0.454 e. The van der Waals surface area contributed by atoms with Crippen LogP contribution in [-0.2, 0) is 23.0 Å². The smallest absolute Gasteiger partial charge is 0.416 e. The van der Waals surface area contributed by atoms with Crippen LogP contribution in [0.25, 0.3) is 11.1 Å². The van der Waals surface area contributed by atoms with Crippen molar-refractivity contribution in [1.29, 1.82) is 0 Å². The summed E-state index contributed by atoms with van der Waals surface area (Å²) in [7, 11) is 0. The van der Waals surface area contributed by atoms with Crippen molar-refractivity contribution in [3.05, 3.63) is 77.4 Å². The van der Waals surface area contributed by atoms with E-state index in [0.29, 0.717) is 41.0 Å². The first kappa shape index (κ1) is 21.3. The molecule has 0 unspecified atom stereocenters. The number of ether oxygens (including phenoxy) is 2. The van der Waals surface area contributed by atoms with E-state index in [4.69, 9.17) is 9.47 Å². The molecular formula is C25H20F3NO4. The first-order chi connectivity index (χ1) is 15.8. The molecule has 5 rings (SSSR count). The van der Waals surface area contributed by atoms with Crippen LogP contribution in [0.4, 0.5) is 18.9 Å². The first-order valence-electron chi connectivity index (χ1n) is 10.4. The average molecular weight is 455 g/mol. The van der Waals surface area contributed by atoms with Crippen LogP contribution in [0.15, 0.2) is 60.7 Å². The lowest BCUT2D eigenvalue weighted by atomic mass is 9.94. The maximum absolute atomic E-state index is 13.6. The second kappa shape index (κ2) is 7.81. The number of carbonyl (C=O) groups excluding carboxylic acids is 1. The summed E-state index contributed by atoms with van der Waals surface area (Å²) in [5.41, 5.74) is 0.675. The molecule has 1 fully saturated rings. The van der Waals surface area contributed by atoms with Gasteiger partial charge in [-0.25, -0.2) is 0 Å². The molecule has 1 aliphatic carbocycles. The standard InChI is InChI=1S/C25H20F3NO4/c26-25(27,28)19-9-17(16-3-1-15(13-30)2-4-16)10-20(11-19)29-23(31)24(7-8-24)18-5-6-21-22(12-18)33-14-32-21/h1-6,9-12,30H,7-8,13-14H2,(H,29,31). The first-order valence-corrected chi connectivity index (χ1v) is 10.4. The van der Waals surface area contributed by atoms with Crippen LogP contribution in [0.2, 0.25) is 0 Å². The number of carbonyl (C=O) groups is 1. The number of fused-ring (bicyclic) bond motifs is 1. The third-order valence-corrected chi connectivity index (χ3v) is 6.10. The molecule has 5 nitrogen and oxygen atoms in total. The summed E-state index contributed by atoms with van der Waals surface area (Å²) in [6, 6.07) is 15.4. The van der Waals surface area contributed by atoms with Crippen molar-refractivity contribution in [2.24, 2.45) is 0 Å². The lowest BCUT2D eigenvalue weighted by Gasteiger charge is -2.18. The second-order valence-corrected chi connectivity index (χ2v) is 8.26. The second-order valence-electron chi connectivity index (χ2n) is 8.26. The van der Waals surface area contributed by atoms with Crippen LogP contribution < -0.4 is 14.8 Å². The van der Waals surface area contributed by atoms with Gasteiger partial charge in [0, 0.05) is 5.69 Å². The van der Waals surface area contributed by atoms with Crippen LogP contribution in [-0.4, -0.2) is 17.8 Å². The van der Waals surface area contributed by atoms with Crippen molar-refractivity contribution in [1.82, 2.24) is 0 Å². The zero-order valence-electron chi connectivity index (χ0n) is 17.4. The van der Waals surface area contributed by atoms with Gasteiger partial charge in [0.1, 0.15) is 0 Å². The zero-order valence-corrected chi connectivity index (χ0v) is 17.4. The molecule has 0 bridgehead atoms. The Kier molecular flexibility index (Phi) is 5.05. The van der Waals surface area contributed by atoms with Crippen LogP contribution in [0, 0.1) is 0 Å². The fourth-order valence-electron chi connectivity index (χ4n) is 4.05. The molecular weight excluding hydrogens is 435 g/mol. The minimum atomic E-state index is -4.57. The summed E-state index contributed by atoms with van der Waals surface area (Å²) in [6.07, 6.45) is -3.39. The number of hydrogen-bond donors (Lipinski definition) is 2. The zero-order chi connectivity index (χ0) is 23.2. The maximum Gasteiger partial charge on any atom is 0.416 e. The van der Waals surface area contributed by atoms with Crippen molar-refractivity contribution in [2.75, 3.05) is 12.1 Å². The summed E-state index contributed by atoms with van der Waals surface area (Å²) in [4.78, 5) is 13.2. The fraction of sp³-hybridized carbons (Fsp3) is 0.240. The number of hydrogen-bond acceptors (Lipinski definition) is 4. The average Bonchev–Trinajstić information content (AvgIpc) is 3.49.